The molecule has 0 heterocycles. The number of sulfonamides is 1. The van der Waals surface area contributed by atoms with E-state index in [1.165, 1.54) is 19.2 Å². The number of carbonyl (C=O) groups is 1. The van der Waals surface area contributed by atoms with Crippen LogP contribution in [-0.4, -0.2) is 21.4 Å². The maximum Gasteiger partial charge on any atom is 0.265 e. The quantitative estimate of drug-likeness (QED) is 0.588. The van der Waals surface area contributed by atoms with Crippen molar-refractivity contribution in [3.05, 3.63) is 47.5 Å². The van der Waals surface area contributed by atoms with Gasteiger partial charge in [0.15, 0.2) is 0 Å². The van der Waals surface area contributed by atoms with E-state index in [0.717, 1.165) is 19.3 Å². The van der Waals surface area contributed by atoms with Crippen LogP contribution in [0.2, 0.25) is 5.02 Å². The molecule has 1 amide bonds. The fourth-order valence-electron chi connectivity index (χ4n) is 2.47. The first-order valence-electron chi connectivity index (χ1n) is 8.62. The van der Waals surface area contributed by atoms with Gasteiger partial charge in [-0.05, 0) is 36.8 Å². The average Bonchev–Trinajstić information content (AvgIpc) is 2.63. The summed E-state index contributed by atoms with van der Waals surface area (Å²) in [4.78, 5) is 11.9. The number of unbranched alkanes of at least 4 members (excludes halogenated alkanes) is 2. The van der Waals surface area contributed by atoms with Crippen molar-refractivity contribution < 1.29 is 17.9 Å². The molecule has 0 spiro atoms. The molecule has 0 saturated carbocycles. The maximum atomic E-state index is 12.8. The topological polar surface area (TPSA) is 84.5 Å². The van der Waals surface area contributed by atoms with Crippen LogP contribution in [0.15, 0.2) is 47.4 Å². The Kier molecular flexibility index (Phi) is 7.50. The molecule has 8 heteroatoms. The average molecular weight is 411 g/mol. The van der Waals surface area contributed by atoms with Gasteiger partial charge in [-0.2, -0.15) is 0 Å². The number of methoxy groups -OCH3 is 1. The summed E-state index contributed by atoms with van der Waals surface area (Å²) in [6.45, 7) is 2.06. The van der Waals surface area contributed by atoms with Crippen molar-refractivity contribution in [2.24, 2.45) is 0 Å². The zero-order chi connectivity index (χ0) is 19.9. The highest BCUT2D eigenvalue weighted by atomic mass is 35.5. The van der Waals surface area contributed by atoms with Gasteiger partial charge < -0.3 is 10.1 Å². The van der Waals surface area contributed by atoms with Crippen LogP contribution in [0, 0.1) is 0 Å². The third-order valence-corrected chi connectivity index (χ3v) is 5.58. The second kappa shape index (κ2) is 9.62. The third kappa shape index (κ3) is 5.87. The van der Waals surface area contributed by atoms with E-state index in [1.807, 2.05) is 0 Å². The molecule has 0 fully saturated rings. The van der Waals surface area contributed by atoms with Gasteiger partial charge in [-0.25, -0.2) is 8.42 Å². The van der Waals surface area contributed by atoms with Gasteiger partial charge in [0, 0.05) is 12.1 Å². The minimum atomic E-state index is -3.97. The zero-order valence-electron chi connectivity index (χ0n) is 15.3. The fraction of sp³-hybridized carbons (Fsp3) is 0.316. The lowest BCUT2D eigenvalue weighted by atomic mass is 10.2. The van der Waals surface area contributed by atoms with Crippen LogP contribution in [0.1, 0.15) is 32.6 Å². The van der Waals surface area contributed by atoms with Crippen LogP contribution >= 0.6 is 11.6 Å². The van der Waals surface area contributed by atoms with E-state index in [4.69, 9.17) is 16.3 Å². The Bertz CT molecular complexity index is 900. The molecule has 0 atom stereocenters. The molecule has 0 aromatic heterocycles. The van der Waals surface area contributed by atoms with Crippen molar-refractivity contribution in [3.63, 3.8) is 0 Å². The predicted octanol–water partition coefficient (Wildman–Crippen LogP) is 4.67. The summed E-state index contributed by atoms with van der Waals surface area (Å²) in [7, 11) is -2.59. The first-order chi connectivity index (χ1) is 12.9. The molecular formula is C19H23ClN2O4S. The number of anilines is 2. The number of para-hydroxylation sites is 1. The number of carbonyl (C=O) groups excluding carboxylic acids is 1. The molecule has 0 aliphatic carbocycles. The number of amides is 1. The van der Waals surface area contributed by atoms with Gasteiger partial charge in [0.05, 0.1) is 17.8 Å². The van der Waals surface area contributed by atoms with Crippen molar-refractivity contribution in [2.45, 2.75) is 37.5 Å². The second-order valence-corrected chi connectivity index (χ2v) is 8.01. The van der Waals surface area contributed by atoms with Gasteiger partial charge in [0.2, 0.25) is 5.91 Å². The summed E-state index contributed by atoms with van der Waals surface area (Å²) in [5.74, 6) is 0.00885. The summed E-state index contributed by atoms with van der Waals surface area (Å²) < 4.78 is 33.3. The maximum absolute atomic E-state index is 12.8. The highest BCUT2D eigenvalue weighted by Crippen LogP contribution is 2.30. The SMILES string of the molecule is CCCCCC(=O)Nc1ccc(OC)c(S(=O)(=O)Nc2ccccc2Cl)c1. The van der Waals surface area contributed by atoms with Gasteiger partial charge in [0.1, 0.15) is 10.6 Å². The summed E-state index contributed by atoms with van der Waals surface area (Å²) in [5.41, 5.74) is 0.645. The Morgan fingerprint density at radius 1 is 1.15 bits per heavy atom. The van der Waals surface area contributed by atoms with E-state index >= 15 is 0 Å². The molecule has 2 aromatic rings. The van der Waals surface area contributed by atoms with E-state index < -0.39 is 10.0 Å². The number of rotatable bonds is 9. The van der Waals surface area contributed by atoms with Gasteiger partial charge in [-0.15, -0.1) is 0 Å². The van der Waals surface area contributed by atoms with E-state index in [1.54, 1.807) is 30.3 Å². The highest BCUT2D eigenvalue weighted by molar-refractivity contribution is 7.92. The van der Waals surface area contributed by atoms with Gasteiger partial charge in [-0.1, -0.05) is 43.5 Å². The Morgan fingerprint density at radius 2 is 1.89 bits per heavy atom. The number of hydrogen-bond acceptors (Lipinski definition) is 4. The Hall–Kier alpha value is -2.25. The molecule has 2 rings (SSSR count). The third-order valence-electron chi connectivity index (χ3n) is 3.86. The minimum Gasteiger partial charge on any atom is -0.495 e. The highest BCUT2D eigenvalue weighted by Gasteiger charge is 2.21. The first-order valence-corrected chi connectivity index (χ1v) is 10.5. The molecule has 0 aliphatic rings. The first kappa shape index (κ1) is 21.1. The monoisotopic (exact) mass is 410 g/mol. The normalized spacial score (nSPS) is 11.1. The van der Waals surface area contributed by atoms with Crippen LogP contribution in [0.25, 0.3) is 0 Å². The zero-order valence-corrected chi connectivity index (χ0v) is 16.9. The number of benzene rings is 2. The molecule has 0 unspecified atom stereocenters. The van der Waals surface area contributed by atoms with Crippen LogP contribution < -0.4 is 14.8 Å². The molecule has 6 nitrogen and oxygen atoms in total. The standard InChI is InChI=1S/C19H23ClN2O4S/c1-3-4-5-10-19(23)21-14-11-12-17(26-2)18(13-14)27(24,25)22-16-9-7-6-8-15(16)20/h6-9,11-13,22H,3-5,10H2,1-2H3,(H,21,23). The van der Waals surface area contributed by atoms with Crippen LogP contribution in [0.5, 0.6) is 5.75 Å². The van der Waals surface area contributed by atoms with Crippen molar-refractivity contribution in [2.75, 3.05) is 17.1 Å². The molecular weight excluding hydrogens is 388 g/mol. The summed E-state index contributed by atoms with van der Waals surface area (Å²) in [6, 6.07) is 11.0. The van der Waals surface area contributed by atoms with Crippen molar-refractivity contribution in [1.82, 2.24) is 0 Å². The summed E-state index contributed by atoms with van der Waals surface area (Å²) >= 11 is 6.04. The van der Waals surface area contributed by atoms with Gasteiger partial charge >= 0.3 is 0 Å². The van der Waals surface area contributed by atoms with E-state index in [-0.39, 0.29) is 27.3 Å². The van der Waals surface area contributed by atoms with E-state index in [9.17, 15) is 13.2 Å². The predicted molar refractivity (Wildman–Crippen MR) is 108 cm³/mol. The summed E-state index contributed by atoms with van der Waals surface area (Å²) in [5, 5.41) is 3.01. The lowest BCUT2D eigenvalue weighted by molar-refractivity contribution is -0.116. The lowest BCUT2D eigenvalue weighted by Gasteiger charge is -2.14. The largest absolute Gasteiger partial charge is 0.495 e. The van der Waals surface area contributed by atoms with Crippen LogP contribution in [0.4, 0.5) is 11.4 Å². The molecule has 0 saturated heterocycles. The molecule has 2 N–H and O–H groups in total. The minimum absolute atomic E-state index is 0.0868. The summed E-state index contributed by atoms with van der Waals surface area (Å²) in [6.07, 6.45) is 3.17. The van der Waals surface area contributed by atoms with Crippen LogP contribution in [-0.2, 0) is 14.8 Å². The number of hydrogen-bond donors (Lipinski definition) is 2. The molecule has 146 valence electrons. The smallest absolute Gasteiger partial charge is 0.265 e. The van der Waals surface area contributed by atoms with Crippen molar-refractivity contribution in [3.8, 4) is 5.75 Å². The number of nitrogens with one attached hydrogen (secondary N) is 2. The van der Waals surface area contributed by atoms with Gasteiger partial charge in [0.25, 0.3) is 10.0 Å². The molecule has 0 aliphatic heterocycles. The van der Waals surface area contributed by atoms with E-state index in [2.05, 4.69) is 17.0 Å². The molecule has 2 aromatic carbocycles. The molecule has 27 heavy (non-hydrogen) atoms. The molecule has 0 radical (unpaired) electrons. The number of halogens is 1. The fourth-order valence-corrected chi connectivity index (χ4v) is 3.98. The van der Waals surface area contributed by atoms with Crippen LogP contribution in [0.3, 0.4) is 0 Å². The molecule has 0 bridgehead atoms. The van der Waals surface area contributed by atoms with E-state index in [0.29, 0.717) is 12.1 Å². The Balaban J connectivity index is 2.26. The lowest BCUT2D eigenvalue weighted by Crippen LogP contribution is -2.16. The number of ether oxygens (including phenoxy) is 1. The van der Waals surface area contributed by atoms with Gasteiger partial charge in [-0.3, -0.25) is 9.52 Å². The van der Waals surface area contributed by atoms with Crippen molar-refractivity contribution >= 4 is 38.9 Å². The van der Waals surface area contributed by atoms with Crippen molar-refractivity contribution in [1.29, 1.82) is 0 Å². The Labute approximate surface area is 164 Å². The second-order valence-electron chi connectivity index (χ2n) is 5.96. The Morgan fingerprint density at radius 3 is 2.56 bits per heavy atom.